The molecule has 2 rings (SSSR count). The Morgan fingerprint density at radius 2 is 2.27 bits per heavy atom. The Morgan fingerprint density at radius 1 is 1.45 bits per heavy atom. The first-order valence-electron chi connectivity index (χ1n) is 4.06. The molecule has 0 aliphatic heterocycles. The van der Waals surface area contributed by atoms with Crippen molar-refractivity contribution in [2.75, 3.05) is 0 Å². The van der Waals surface area contributed by atoms with Gasteiger partial charge in [-0.1, -0.05) is 19.1 Å². The minimum Gasteiger partial charge on any atom is -0.207 e. The van der Waals surface area contributed by atoms with Crippen molar-refractivity contribution in [3.8, 4) is 0 Å². The fraction of sp³-hybridized carbons (Fsp3) is 0.400. The van der Waals surface area contributed by atoms with E-state index < -0.39 is 0 Å². The average molecular weight is 150 g/mol. The van der Waals surface area contributed by atoms with Gasteiger partial charge in [0.15, 0.2) is 0 Å². The van der Waals surface area contributed by atoms with E-state index >= 15 is 0 Å². The van der Waals surface area contributed by atoms with Gasteiger partial charge in [-0.3, -0.25) is 0 Å². The van der Waals surface area contributed by atoms with E-state index in [2.05, 4.69) is 6.92 Å². The molecule has 11 heavy (non-hydrogen) atoms. The lowest BCUT2D eigenvalue weighted by atomic mass is 10.0. The van der Waals surface area contributed by atoms with Crippen LogP contribution in [-0.2, 0) is 6.42 Å². The summed E-state index contributed by atoms with van der Waals surface area (Å²) in [6.45, 7) is 2.16. The monoisotopic (exact) mass is 150 g/mol. The zero-order valence-corrected chi connectivity index (χ0v) is 6.60. The number of hydrogen-bond acceptors (Lipinski definition) is 0. The first-order valence-corrected chi connectivity index (χ1v) is 4.06. The predicted molar refractivity (Wildman–Crippen MR) is 43.1 cm³/mol. The van der Waals surface area contributed by atoms with E-state index in [1.807, 2.05) is 6.07 Å². The molecule has 0 unspecified atom stereocenters. The van der Waals surface area contributed by atoms with E-state index in [0.717, 1.165) is 18.4 Å². The largest absolute Gasteiger partial charge is 0.207 e. The molecule has 1 heteroatoms. The standard InChI is InChI=1S/C10H11F/c1-7-5-6-9-8(7)3-2-4-10(9)11/h2-4,7H,5-6H2,1H3/t7-/m1/s1. The first-order chi connectivity index (χ1) is 5.29. The van der Waals surface area contributed by atoms with Crippen molar-refractivity contribution in [3.63, 3.8) is 0 Å². The van der Waals surface area contributed by atoms with Crippen LogP contribution in [0.2, 0.25) is 0 Å². The summed E-state index contributed by atoms with van der Waals surface area (Å²) in [5, 5.41) is 0. The van der Waals surface area contributed by atoms with Gasteiger partial charge in [0.25, 0.3) is 0 Å². The lowest BCUT2D eigenvalue weighted by Crippen LogP contribution is -1.88. The van der Waals surface area contributed by atoms with E-state index in [0.29, 0.717) is 5.92 Å². The SMILES string of the molecule is C[C@@H]1CCc2c(F)cccc21. The van der Waals surface area contributed by atoms with E-state index in [1.54, 1.807) is 12.1 Å². The van der Waals surface area contributed by atoms with Crippen molar-refractivity contribution >= 4 is 0 Å². The fourth-order valence-corrected chi connectivity index (χ4v) is 1.82. The van der Waals surface area contributed by atoms with Crippen molar-refractivity contribution in [2.24, 2.45) is 0 Å². The molecule has 0 bridgehead atoms. The highest BCUT2D eigenvalue weighted by atomic mass is 19.1. The number of benzene rings is 1. The summed E-state index contributed by atoms with van der Waals surface area (Å²) in [5.41, 5.74) is 2.16. The summed E-state index contributed by atoms with van der Waals surface area (Å²) in [4.78, 5) is 0. The van der Waals surface area contributed by atoms with Gasteiger partial charge in [0.1, 0.15) is 5.82 Å². The summed E-state index contributed by atoms with van der Waals surface area (Å²) < 4.78 is 13.1. The molecule has 0 radical (unpaired) electrons. The average Bonchev–Trinajstić information content (AvgIpc) is 2.35. The van der Waals surface area contributed by atoms with Crippen LogP contribution in [0, 0.1) is 5.82 Å². The Bertz CT molecular complexity index is 278. The third-order valence-corrected chi connectivity index (χ3v) is 2.51. The van der Waals surface area contributed by atoms with Crippen LogP contribution in [0.1, 0.15) is 30.4 Å². The van der Waals surface area contributed by atoms with Crippen LogP contribution in [0.25, 0.3) is 0 Å². The summed E-state index contributed by atoms with van der Waals surface area (Å²) >= 11 is 0. The van der Waals surface area contributed by atoms with Crippen LogP contribution in [0.4, 0.5) is 4.39 Å². The molecule has 1 aromatic carbocycles. The van der Waals surface area contributed by atoms with Crippen molar-refractivity contribution < 1.29 is 4.39 Å². The maximum Gasteiger partial charge on any atom is 0.126 e. The Morgan fingerprint density at radius 3 is 3.00 bits per heavy atom. The molecule has 58 valence electrons. The van der Waals surface area contributed by atoms with Gasteiger partial charge >= 0.3 is 0 Å². The van der Waals surface area contributed by atoms with Crippen molar-refractivity contribution in [1.29, 1.82) is 0 Å². The minimum absolute atomic E-state index is 0.0214. The van der Waals surface area contributed by atoms with Gasteiger partial charge in [-0.25, -0.2) is 4.39 Å². The molecule has 1 atom stereocenters. The molecule has 1 aromatic rings. The number of halogens is 1. The van der Waals surface area contributed by atoms with Crippen molar-refractivity contribution in [3.05, 3.63) is 35.1 Å². The molecule has 0 nitrogen and oxygen atoms in total. The molecule has 0 saturated heterocycles. The smallest absolute Gasteiger partial charge is 0.126 e. The maximum atomic E-state index is 13.1. The molecule has 0 fully saturated rings. The Labute approximate surface area is 66.1 Å². The Hall–Kier alpha value is -0.850. The zero-order valence-electron chi connectivity index (χ0n) is 6.60. The Balaban J connectivity index is 2.57. The van der Waals surface area contributed by atoms with E-state index in [9.17, 15) is 4.39 Å². The van der Waals surface area contributed by atoms with Crippen molar-refractivity contribution in [1.82, 2.24) is 0 Å². The zero-order chi connectivity index (χ0) is 7.84. The summed E-state index contributed by atoms with van der Waals surface area (Å²) in [6, 6.07) is 5.39. The normalized spacial score (nSPS) is 21.8. The molecule has 0 N–H and O–H groups in total. The molecular formula is C10H11F. The molecule has 0 spiro atoms. The van der Waals surface area contributed by atoms with Gasteiger partial charge in [-0.15, -0.1) is 0 Å². The molecule has 1 aliphatic carbocycles. The van der Waals surface area contributed by atoms with Gasteiger partial charge in [-0.05, 0) is 36.0 Å². The third kappa shape index (κ3) is 0.953. The van der Waals surface area contributed by atoms with E-state index in [-0.39, 0.29) is 5.82 Å². The lowest BCUT2D eigenvalue weighted by Gasteiger charge is -2.02. The fourth-order valence-electron chi connectivity index (χ4n) is 1.82. The van der Waals surface area contributed by atoms with Crippen LogP contribution in [0.3, 0.4) is 0 Å². The summed E-state index contributed by atoms with van der Waals surface area (Å²) in [7, 11) is 0. The van der Waals surface area contributed by atoms with Gasteiger partial charge in [0, 0.05) is 0 Å². The highest BCUT2D eigenvalue weighted by Gasteiger charge is 2.20. The van der Waals surface area contributed by atoms with Gasteiger partial charge in [-0.2, -0.15) is 0 Å². The van der Waals surface area contributed by atoms with Crippen LogP contribution in [0.5, 0.6) is 0 Å². The molecule has 0 aromatic heterocycles. The highest BCUT2D eigenvalue weighted by Crippen LogP contribution is 2.33. The van der Waals surface area contributed by atoms with Crippen LogP contribution in [0.15, 0.2) is 18.2 Å². The maximum absolute atomic E-state index is 13.1. The molecule has 0 heterocycles. The summed E-state index contributed by atoms with van der Waals surface area (Å²) in [6.07, 6.45) is 2.03. The third-order valence-electron chi connectivity index (χ3n) is 2.51. The highest BCUT2D eigenvalue weighted by molar-refractivity contribution is 5.35. The summed E-state index contributed by atoms with van der Waals surface area (Å²) in [5.74, 6) is 0.535. The quantitative estimate of drug-likeness (QED) is 0.533. The van der Waals surface area contributed by atoms with Gasteiger partial charge in [0.2, 0.25) is 0 Å². The predicted octanol–water partition coefficient (Wildman–Crippen LogP) is 2.88. The topological polar surface area (TPSA) is 0 Å². The van der Waals surface area contributed by atoms with E-state index in [1.165, 1.54) is 5.56 Å². The molecule has 1 aliphatic rings. The number of fused-ring (bicyclic) bond motifs is 1. The first kappa shape index (κ1) is 6.84. The lowest BCUT2D eigenvalue weighted by molar-refractivity contribution is 0.612. The van der Waals surface area contributed by atoms with Crippen LogP contribution >= 0.6 is 0 Å². The molecular weight excluding hydrogens is 139 g/mol. The Kier molecular flexibility index (Phi) is 1.45. The van der Waals surface area contributed by atoms with E-state index in [4.69, 9.17) is 0 Å². The molecule has 0 amide bonds. The van der Waals surface area contributed by atoms with Gasteiger partial charge in [0.05, 0.1) is 0 Å². The van der Waals surface area contributed by atoms with Crippen molar-refractivity contribution in [2.45, 2.75) is 25.7 Å². The second-order valence-electron chi connectivity index (χ2n) is 3.25. The van der Waals surface area contributed by atoms with Gasteiger partial charge < -0.3 is 0 Å². The number of rotatable bonds is 0. The second-order valence-corrected chi connectivity index (χ2v) is 3.25. The number of hydrogen-bond donors (Lipinski definition) is 0. The molecule has 0 saturated carbocycles. The van der Waals surface area contributed by atoms with Crippen LogP contribution < -0.4 is 0 Å². The minimum atomic E-state index is -0.0214. The second kappa shape index (κ2) is 2.33. The van der Waals surface area contributed by atoms with Crippen LogP contribution in [-0.4, -0.2) is 0 Å².